The molecule has 1 heterocycles. The quantitative estimate of drug-likeness (QED) is 0.0146. The van der Waals surface area contributed by atoms with Gasteiger partial charge in [0, 0.05) is 24.3 Å². The number of rotatable bonds is 31. The number of nitrogens with two attached hydrogens (primary N) is 3. The molecule has 0 spiro atoms. The first-order valence-corrected chi connectivity index (χ1v) is 24.4. The Kier molecular flexibility index (Phi) is 21.8. The highest BCUT2D eigenvalue weighted by Crippen LogP contribution is 2.35. The van der Waals surface area contributed by atoms with Crippen molar-refractivity contribution in [3.05, 3.63) is 154 Å². The molecule has 0 radical (unpaired) electrons. The normalized spacial score (nSPS) is 11.5. The number of hydrogen-bond donors (Lipinski definition) is 6. The number of carbonyl (C=O) groups excluding carboxylic acids is 2. The Hall–Kier alpha value is -5.26. The molecule has 5 rings (SSSR count). The Balaban J connectivity index is 1.56. The smallest absolute Gasteiger partial charge is 0.272 e. The standard InChI is InChI=1S/C55H76N6O4/c1-2-3-4-5-15-26-45-39-49(40-46(27-16-6-7-21-36-56)53(45)65-38-23-9-8-22-37-57)59-54(63)51-41-44(32-33-52(62)60-64)50(61(51)42-43-24-13-10-14-25-43)34-35-55(58,47-28-17-11-18-29-47)48-30-19-12-20-31-48/h10-14,17-20,24-25,28-31,39-41,64H,2-9,15-16,21-23,26-27,32-38,42,56-58H2,1H3,(H,59,63)(H,60,62). The Labute approximate surface area is 388 Å². The van der Waals surface area contributed by atoms with E-state index >= 15 is 0 Å². The van der Waals surface area contributed by atoms with Crippen LogP contribution in [0, 0.1) is 0 Å². The zero-order valence-corrected chi connectivity index (χ0v) is 39.0. The number of benzene rings is 4. The molecule has 4 aromatic carbocycles. The van der Waals surface area contributed by atoms with Crippen LogP contribution in [0.5, 0.6) is 5.75 Å². The number of aryl methyl sites for hydroxylation is 3. The molecule has 1 aromatic heterocycles. The second kappa shape index (κ2) is 27.9. The van der Waals surface area contributed by atoms with Crippen molar-refractivity contribution < 1.29 is 19.5 Å². The fraction of sp³-hybridized carbons (Fsp3) is 0.455. The van der Waals surface area contributed by atoms with Crippen LogP contribution in [0.4, 0.5) is 5.69 Å². The lowest BCUT2D eigenvalue weighted by molar-refractivity contribution is -0.129. The molecule has 65 heavy (non-hydrogen) atoms. The van der Waals surface area contributed by atoms with Crippen LogP contribution < -0.4 is 32.7 Å². The molecule has 5 aromatic rings. The van der Waals surface area contributed by atoms with E-state index in [-0.39, 0.29) is 12.3 Å². The second-order valence-corrected chi connectivity index (χ2v) is 17.6. The van der Waals surface area contributed by atoms with Crippen LogP contribution in [0.2, 0.25) is 0 Å². The highest BCUT2D eigenvalue weighted by molar-refractivity contribution is 6.03. The summed E-state index contributed by atoms with van der Waals surface area (Å²) in [5.74, 6) is 0.245. The lowest BCUT2D eigenvalue weighted by Gasteiger charge is -2.31. The number of nitrogens with zero attached hydrogens (tertiary/aromatic N) is 1. The van der Waals surface area contributed by atoms with Crippen molar-refractivity contribution in [3.8, 4) is 5.75 Å². The summed E-state index contributed by atoms with van der Waals surface area (Å²) in [4.78, 5) is 27.5. The van der Waals surface area contributed by atoms with Crippen LogP contribution in [0.3, 0.4) is 0 Å². The minimum absolute atomic E-state index is 0.0514. The average Bonchev–Trinajstić information content (AvgIpc) is 3.68. The fourth-order valence-corrected chi connectivity index (χ4v) is 8.92. The number of hydroxylamine groups is 1. The predicted octanol–water partition coefficient (Wildman–Crippen LogP) is 10.5. The minimum atomic E-state index is -0.839. The van der Waals surface area contributed by atoms with Crippen LogP contribution in [-0.4, -0.2) is 41.3 Å². The molecule has 0 saturated heterocycles. The van der Waals surface area contributed by atoms with Gasteiger partial charge in [-0.2, -0.15) is 0 Å². The molecule has 0 aliphatic heterocycles. The van der Waals surface area contributed by atoms with Crippen LogP contribution in [0.15, 0.2) is 109 Å². The van der Waals surface area contributed by atoms with Gasteiger partial charge in [0.1, 0.15) is 11.4 Å². The number of amides is 2. The maximum absolute atomic E-state index is 15.0. The lowest BCUT2D eigenvalue weighted by atomic mass is 9.79. The molecular weight excluding hydrogens is 809 g/mol. The summed E-state index contributed by atoms with van der Waals surface area (Å²) < 4.78 is 8.80. The van der Waals surface area contributed by atoms with E-state index < -0.39 is 11.4 Å². The summed E-state index contributed by atoms with van der Waals surface area (Å²) in [5.41, 5.74) is 28.3. The topological polar surface area (TPSA) is 171 Å². The first-order chi connectivity index (χ1) is 31.8. The van der Waals surface area contributed by atoms with E-state index in [1.54, 1.807) is 5.48 Å². The number of unbranched alkanes of at least 4 members (excludes halogenated alkanes) is 10. The van der Waals surface area contributed by atoms with E-state index in [1.807, 2.05) is 60.7 Å². The molecular formula is C55H76N6O4. The number of ether oxygens (including phenoxy) is 1. The van der Waals surface area contributed by atoms with Crippen LogP contribution in [0.25, 0.3) is 0 Å². The summed E-state index contributed by atoms with van der Waals surface area (Å²) in [7, 11) is 0. The highest BCUT2D eigenvalue weighted by Gasteiger charge is 2.31. The Morgan fingerprint density at radius 1 is 0.646 bits per heavy atom. The third kappa shape index (κ3) is 15.7. The molecule has 0 saturated carbocycles. The van der Waals surface area contributed by atoms with Gasteiger partial charge in [0.15, 0.2) is 0 Å². The van der Waals surface area contributed by atoms with Gasteiger partial charge in [0.25, 0.3) is 5.91 Å². The van der Waals surface area contributed by atoms with E-state index in [2.05, 4.69) is 65.3 Å². The number of hydrogen-bond acceptors (Lipinski definition) is 7. The van der Waals surface area contributed by atoms with Gasteiger partial charge in [0.05, 0.1) is 12.1 Å². The number of anilines is 1. The van der Waals surface area contributed by atoms with Crippen molar-refractivity contribution in [2.24, 2.45) is 17.2 Å². The predicted molar refractivity (Wildman–Crippen MR) is 266 cm³/mol. The van der Waals surface area contributed by atoms with Gasteiger partial charge >= 0.3 is 0 Å². The van der Waals surface area contributed by atoms with Gasteiger partial charge in [-0.05, 0) is 129 Å². The van der Waals surface area contributed by atoms with Gasteiger partial charge < -0.3 is 31.8 Å². The molecule has 2 amide bonds. The van der Waals surface area contributed by atoms with E-state index in [1.165, 1.54) is 19.3 Å². The molecule has 0 bridgehead atoms. The van der Waals surface area contributed by atoms with Crippen molar-refractivity contribution in [1.29, 1.82) is 0 Å². The molecule has 350 valence electrons. The van der Waals surface area contributed by atoms with Crippen LogP contribution in [0.1, 0.15) is 153 Å². The van der Waals surface area contributed by atoms with Gasteiger partial charge in [-0.3, -0.25) is 14.8 Å². The molecule has 0 aliphatic rings. The minimum Gasteiger partial charge on any atom is -0.493 e. The first-order valence-electron chi connectivity index (χ1n) is 24.4. The molecule has 0 fully saturated rings. The number of carbonyl (C=O) groups is 2. The first kappa shape index (κ1) is 50.7. The number of aromatic nitrogens is 1. The van der Waals surface area contributed by atoms with Gasteiger partial charge in [-0.25, -0.2) is 5.48 Å². The molecule has 0 aliphatic carbocycles. The number of nitrogens with one attached hydrogen (secondary N) is 2. The lowest BCUT2D eigenvalue weighted by Crippen LogP contribution is -2.38. The van der Waals surface area contributed by atoms with E-state index in [0.29, 0.717) is 51.2 Å². The molecule has 10 heteroatoms. The van der Waals surface area contributed by atoms with Crippen molar-refractivity contribution >= 4 is 17.5 Å². The van der Waals surface area contributed by atoms with E-state index in [9.17, 15) is 14.8 Å². The second-order valence-electron chi connectivity index (χ2n) is 17.6. The van der Waals surface area contributed by atoms with Crippen LogP contribution >= 0.6 is 0 Å². The van der Waals surface area contributed by atoms with E-state index in [4.69, 9.17) is 21.9 Å². The van der Waals surface area contributed by atoms with Gasteiger partial charge in [-0.1, -0.05) is 149 Å². The Morgan fingerprint density at radius 2 is 1.18 bits per heavy atom. The maximum Gasteiger partial charge on any atom is 0.272 e. The Bertz CT molecular complexity index is 2070. The van der Waals surface area contributed by atoms with Crippen molar-refractivity contribution in [2.75, 3.05) is 25.0 Å². The van der Waals surface area contributed by atoms with Gasteiger partial charge in [0.2, 0.25) is 5.91 Å². The molecule has 0 atom stereocenters. The third-order valence-corrected chi connectivity index (χ3v) is 12.6. The van der Waals surface area contributed by atoms with E-state index in [0.717, 1.165) is 128 Å². The Morgan fingerprint density at radius 3 is 1.74 bits per heavy atom. The van der Waals surface area contributed by atoms with Crippen LogP contribution in [-0.2, 0) is 42.6 Å². The van der Waals surface area contributed by atoms with Crippen molar-refractivity contribution in [1.82, 2.24) is 10.0 Å². The summed E-state index contributed by atoms with van der Waals surface area (Å²) in [5, 5.41) is 12.8. The average molecular weight is 885 g/mol. The highest BCUT2D eigenvalue weighted by atomic mass is 16.5. The largest absolute Gasteiger partial charge is 0.493 e. The van der Waals surface area contributed by atoms with Gasteiger partial charge in [-0.15, -0.1) is 0 Å². The maximum atomic E-state index is 15.0. The summed E-state index contributed by atoms with van der Waals surface area (Å²) >= 11 is 0. The zero-order chi connectivity index (χ0) is 46.1. The fourth-order valence-electron chi connectivity index (χ4n) is 8.92. The monoisotopic (exact) mass is 885 g/mol. The summed E-state index contributed by atoms with van der Waals surface area (Å²) in [6.07, 6.45) is 17.3. The zero-order valence-electron chi connectivity index (χ0n) is 39.0. The van der Waals surface area contributed by atoms with Crippen molar-refractivity contribution in [3.63, 3.8) is 0 Å². The molecule has 9 N–H and O–H groups in total. The SMILES string of the molecule is CCCCCCCc1cc(NC(=O)c2cc(CCC(=O)NO)c(CCC(N)(c3ccccc3)c3ccccc3)n2Cc2ccccc2)cc(CCCCCCN)c1OCCCCCCN. The summed E-state index contributed by atoms with van der Waals surface area (Å²) in [6.45, 7) is 4.72. The summed E-state index contributed by atoms with van der Waals surface area (Å²) in [6, 6.07) is 36.6. The van der Waals surface area contributed by atoms with Crippen molar-refractivity contribution in [2.45, 2.75) is 141 Å². The molecule has 10 nitrogen and oxygen atoms in total. The third-order valence-electron chi connectivity index (χ3n) is 12.6. The molecule has 0 unspecified atom stereocenters.